The molecule has 5 rings (SSSR count). The second-order valence-corrected chi connectivity index (χ2v) is 8.43. The second kappa shape index (κ2) is 8.30. The van der Waals surface area contributed by atoms with Gasteiger partial charge in [0.2, 0.25) is 5.78 Å². The molecule has 0 N–H and O–H groups in total. The Morgan fingerprint density at radius 1 is 1.12 bits per heavy atom. The highest BCUT2D eigenvalue weighted by molar-refractivity contribution is 6.15. The number of ketones is 1. The standard InChI is InChI=1S/C26H22N2O6/c1-14(2)28-19(10-11-27-28)18-13-22(29)33-20-9-8-17-24(30)21(34-25(17)23(18)20)12-15-4-6-16(7-5-15)26(31)32-3/h4-12,14,18H,13H2,1-3H3/b21-12-. The number of nitrogens with zero attached hydrogens (tertiary/aromatic N) is 2. The van der Waals surface area contributed by atoms with Crippen LogP contribution in [0.1, 0.15) is 69.8 Å². The SMILES string of the molecule is COC(=O)c1ccc(/C=C2\Oc3c(ccc4c3C(c3ccnn3C(C)C)CC(=O)O4)C2=O)cc1. The lowest BCUT2D eigenvalue weighted by atomic mass is 9.87. The minimum Gasteiger partial charge on any atom is -0.465 e. The smallest absolute Gasteiger partial charge is 0.337 e. The van der Waals surface area contributed by atoms with Crippen LogP contribution in [0.5, 0.6) is 11.5 Å². The molecule has 3 heterocycles. The fourth-order valence-corrected chi connectivity index (χ4v) is 4.38. The number of Topliss-reactive ketones (excluding diaryl/α,β-unsaturated/α-hetero) is 1. The van der Waals surface area contributed by atoms with Crippen LogP contribution in [0, 0.1) is 0 Å². The molecule has 2 aliphatic heterocycles. The van der Waals surface area contributed by atoms with Crippen LogP contribution in [0.2, 0.25) is 0 Å². The summed E-state index contributed by atoms with van der Waals surface area (Å²) in [5, 5.41) is 4.41. The van der Waals surface area contributed by atoms with E-state index in [1.54, 1.807) is 48.7 Å². The zero-order valence-electron chi connectivity index (χ0n) is 18.9. The van der Waals surface area contributed by atoms with Crippen LogP contribution in [-0.2, 0) is 9.53 Å². The average molecular weight is 458 g/mol. The molecule has 3 aromatic rings. The van der Waals surface area contributed by atoms with E-state index in [1.165, 1.54) is 7.11 Å². The van der Waals surface area contributed by atoms with Crippen LogP contribution in [0.3, 0.4) is 0 Å². The third-order valence-electron chi connectivity index (χ3n) is 5.96. The predicted molar refractivity (Wildman–Crippen MR) is 122 cm³/mol. The highest BCUT2D eigenvalue weighted by Gasteiger charge is 2.39. The lowest BCUT2D eigenvalue weighted by molar-refractivity contribution is -0.135. The molecule has 0 spiro atoms. The summed E-state index contributed by atoms with van der Waals surface area (Å²) in [5.41, 5.74) is 3.03. The van der Waals surface area contributed by atoms with E-state index < -0.39 is 5.97 Å². The van der Waals surface area contributed by atoms with Gasteiger partial charge in [-0.25, -0.2) is 4.79 Å². The van der Waals surface area contributed by atoms with Crippen molar-refractivity contribution in [3.8, 4) is 11.5 Å². The maximum atomic E-state index is 13.1. The van der Waals surface area contributed by atoms with Crippen molar-refractivity contribution in [2.45, 2.75) is 32.2 Å². The van der Waals surface area contributed by atoms with Gasteiger partial charge >= 0.3 is 11.9 Å². The van der Waals surface area contributed by atoms with Gasteiger partial charge in [0.25, 0.3) is 0 Å². The molecule has 34 heavy (non-hydrogen) atoms. The number of carbonyl (C=O) groups excluding carboxylic acids is 3. The largest absolute Gasteiger partial charge is 0.465 e. The lowest BCUT2D eigenvalue weighted by Gasteiger charge is -2.27. The number of hydrogen-bond acceptors (Lipinski definition) is 7. The van der Waals surface area contributed by atoms with Gasteiger partial charge in [-0.05, 0) is 55.8 Å². The van der Waals surface area contributed by atoms with Crippen LogP contribution in [0.15, 0.2) is 54.4 Å². The third-order valence-corrected chi connectivity index (χ3v) is 5.96. The highest BCUT2D eigenvalue weighted by Crippen LogP contribution is 2.49. The van der Waals surface area contributed by atoms with Crippen LogP contribution >= 0.6 is 0 Å². The molecule has 0 bridgehead atoms. The Morgan fingerprint density at radius 3 is 2.59 bits per heavy atom. The number of methoxy groups -OCH3 is 1. The molecule has 8 nitrogen and oxygen atoms in total. The Morgan fingerprint density at radius 2 is 1.88 bits per heavy atom. The van der Waals surface area contributed by atoms with Crippen LogP contribution < -0.4 is 9.47 Å². The van der Waals surface area contributed by atoms with Crippen molar-refractivity contribution in [2.24, 2.45) is 0 Å². The third kappa shape index (κ3) is 3.57. The minimum absolute atomic E-state index is 0.0918. The number of fused-ring (bicyclic) bond motifs is 3. The van der Waals surface area contributed by atoms with E-state index in [9.17, 15) is 14.4 Å². The number of allylic oxidation sites excluding steroid dienone is 1. The normalized spacial score (nSPS) is 17.9. The van der Waals surface area contributed by atoms with Crippen LogP contribution in [0.25, 0.3) is 6.08 Å². The first-order valence-corrected chi connectivity index (χ1v) is 10.9. The van der Waals surface area contributed by atoms with Crippen molar-refractivity contribution < 1.29 is 28.6 Å². The van der Waals surface area contributed by atoms with E-state index in [-0.39, 0.29) is 35.9 Å². The number of aromatic nitrogens is 2. The first-order chi connectivity index (χ1) is 16.4. The maximum Gasteiger partial charge on any atom is 0.337 e. The van der Waals surface area contributed by atoms with Crippen molar-refractivity contribution in [3.63, 3.8) is 0 Å². The molecule has 172 valence electrons. The maximum absolute atomic E-state index is 13.1. The van der Waals surface area contributed by atoms with E-state index >= 15 is 0 Å². The van der Waals surface area contributed by atoms with Gasteiger partial charge in [-0.2, -0.15) is 5.10 Å². The first-order valence-electron chi connectivity index (χ1n) is 10.9. The Bertz CT molecular complexity index is 1350. The molecule has 0 saturated heterocycles. The van der Waals surface area contributed by atoms with E-state index in [0.717, 1.165) is 5.69 Å². The summed E-state index contributed by atoms with van der Waals surface area (Å²) < 4.78 is 18.2. The quantitative estimate of drug-likeness (QED) is 0.327. The molecule has 0 saturated carbocycles. The zero-order valence-corrected chi connectivity index (χ0v) is 18.9. The molecular formula is C26H22N2O6. The lowest BCUT2D eigenvalue weighted by Crippen LogP contribution is -2.24. The van der Waals surface area contributed by atoms with Gasteiger partial charge < -0.3 is 14.2 Å². The number of esters is 2. The Kier molecular flexibility index (Phi) is 5.28. The van der Waals surface area contributed by atoms with E-state index in [2.05, 4.69) is 5.10 Å². The number of hydrogen-bond donors (Lipinski definition) is 0. The summed E-state index contributed by atoms with van der Waals surface area (Å²) in [4.78, 5) is 37.2. The van der Waals surface area contributed by atoms with E-state index in [4.69, 9.17) is 14.2 Å². The topological polar surface area (TPSA) is 96.7 Å². The summed E-state index contributed by atoms with van der Waals surface area (Å²) in [5.74, 6) is -0.470. The van der Waals surface area contributed by atoms with Crippen molar-refractivity contribution in [1.29, 1.82) is 0 Å². The Labute approximate surface area is 195 Å². The molecular weight excluding hydrogens is 436 g/mol. The number of benzene rings is 2. The van der Waals surface area contributed by atoms with E-state index in [0.29, 0.717) is 33.8 Å². The van der Waals surface area contributed by atoms with Gasteiger partial charge in [-0.3, -0.25) is 14.3 Å². The van der Waals surface area contributed by atoms with Gasteiger partial charge in [0, 0.05) is 29.4 Å². The average Bonchev–Trinajstić information content (AvgIpc) is 3.44. The molecule has 0 fully saturated rings. The summed E-state index contributed by atoms with van der Waals surface area (Å²) >= 11 is 0. The molecule has 1 atom stereocenters. The van der Waals surface area contributed by atoms with Crippen LogP contribution in [-0.4, -0.2) is 34.6 Å². The second-order valence-electron chi connectivity index (χ2n) is 8.43. The van der Waals surface area contributed by atoms with Crippen molar-refractivity contribution >= 4 is 23.8 Å². The van der Waals surface area contributed by atoms with Gasteiger partial charge in [-0.15, -0.1) is 0 Å². The number of carbonyl (C=O) groups is 3. The van der Waals surface area contributed by atoms with E-state index in [1.807, 2.05) is 24.6 Å². The fourth-order valence-electron chi connectivity index (χ4n) is 4.38. The number of ether oxygens (including phenoxy) is 3. The summed E-state index contributed by atoms with van der Waals surface area (Å²) in [6.45, 7) is 4.03. The predicted octanol–water partition coefficient (Wildman–Crippen LogP) is 4.31. The minimum atomic E-state index is -0.437. The molecule has 0 radical (unpaired) electrons. The molecule has 0 amide bonds. The molecule has 1 unspecified atom stereocenters. The van der Waals surface area contributed by atoms with Gasteiger partial charge in [0.1, 0.15) is 11.5 Å². The van der Waals surface area contributed by atoms with Crippen molar-refractivity contribution in [2.75, 3.05) is 7.11 Å². The molecule has 0 aliphatic carbocycles. The fraction of sp³-hybridized carbons (Fsp3) is 0.231. The van der Waals surface area contributed by atoms with Crippen molar-refractivity contribution in [1.82, 2.24) is 9.78 Å². The first kappa shape index (κ1) is 21.6. The van der Waals surface area contributed by atoms with Crippen molar-refractivity contribution in [3.05, 3.63) is 82.4 Å². The summed E-state index contributed by atoms with van der Waals surface area (Å²) in [7, 11) is 1.32. The summed E-state index contributed by atoms with van der Waals surface area (Å²) in [6.07, 6.45) is 3.44. The van der Waals surface area contributed by atoms with Gasteiger partial charge in [0.15, 0.2) is 5.76 Å². The highest BCUT2D eigenvalue weighted by atomic mass is 16.5. The molecule has 2 aliphatic rings. The monoisotopic (exact) mass is 458 g/mol. The zero-order chi connectivity index (χ0) is 24.0. The Balaban J connectivity index is 1.55. The molecule has 8 heteroatoms. The molecule has 2 aromatic carbocycles. The number of rotatable bonds is 4. The van der Waals surface area contributed by atoms with Gasteiger partial charge in [0.05, 0.1) is 24.7 Å². The Hall–Kier alpha value is -4.20. The van der Waals surface area contributed by atoms with Crippen LogP contribution in [0.4, 0.5) is 0 Å². The summed E-state index contributed by atoms with van der Waals surface area (Å²) in [6, 6.07) is 11.9. The molecule has 1 aromatic heterocycles. The van der Waals surface area contributed by atoms with Gasteiger partial charge in [-0.1, -0.05) is 12.1 Å².